The minimum Gasteiger partial charge on any atom is -0.436 e. The van der Waals surface area contributed by atoms with Crippen molar-refractivity contribution in [2.24, 2.45) is 0 Å². The SMILES string of the molecule is Cc1nc(C)c(-c2nnc(I)o2)o1. The number of hydrogen-bond acceptors (Lipinski definition) is 5. The summed E-state index contributed by atoms with van der Waals surface area (Å²) in [4.78, 5) is 4.10. The van der Waals surface area contributed by atoms with Gasteiger partial charge < -0.3 is 8.83 Å². The Kier molecular flexibility index (Phi) is 2.06. The van der Waals surface area contributed by atoms with Gasteiger partial charge in [0, 0.05) is 29.5 Å². The molecule has 0 saturated heterocycles. The van der Waals surface area contributed by atoms with E-state index in [2.05, 4.69) is 15.2 Å². The van der Waals surface area contributed by atoms with Crippen LogP contribution in [0.1, 0.15) is 11.6 Å². The number of aryl methyl sites for hydroxylation is 2. The molecular weight excluding hydrogens is 285 g/mol. The minimum absolute atomic E-state index is 0.377. The Bertz CT molecular complexity index is 435. The average molecular weight is 291 g/mol. The van der Waals surface area contributed by atoms with E-state index in [1.165, 1.54) is 0 Å². The summed E-state index contributed by atoms with van der Waals surface area (Å²) in [5.74, 6) is 1.52. The molecule has 0 saturated carbocycles. The second-order valence-electron chi connectivity index (χ2n) is 2.51. The van der Waals surface area contributed by atoms with E-state index in [9.17, 15) is 0 Å². The molecular formula is C7H6IN3O2. The van der Waals surface area contributed by atoms with Crippen LogP contribution in [0.5, 0.6) is 0 Å². The summed E-state index contributed by atoms with van der Waals surface area (Å²) < 4.78 is 11.0. The van der Waals surface area contributed by atoms with Crippen LogP contribution in [0.4, 0.5) is 0 Å². The molecule has 2 heterocycles. The van der Waals surface area contributed by atoms with E-state index >= 15 is 0 Å². The lowest BCUT2D eigenvalue weighted by Crippen LogP contribution is -1.78. The average Bonchev–Trinajstić information content (AvgIpc) is 2.58. The highest BCUT2D eigenvalue weighted by atomic mass is 127. The van der Waals surface area contributed by atoms with Gasteiger partial charge in [-0.2, -0.15) is 0 Å². The zero-order valence-corrected chi connectivity index (χ0v) is 9.19. The van der Waals surface area contributed by atoms with Gasteiger partial charge in [-0.05, 0) is 6.92 Å². The van der Waals surface area contributed by atoms with Crippen molar-refractivity contribution in [1.82, 2.24) is 15.2 Å². The molecule has 68 valence electrons. The van der Waals surface area contributed by atoms with Gasteiger partial charge in [0.2, 0.25) is 5.76 Å². The fourth-order valence-corrected chi connectivity index (χ4v) is 1.34. The second kappa shape index (κ2) is 3.09. The lowest BCUT2D eigenvalue weighted by Gasteiger charge is -1.86. The van der Waals surface area contributed by atoms with Crippen molar-refractivity contribution >= 4 is 22.6 Å². The van der Waals surface area contributed by atoms with Gasteiger partial charge in [0.05, 0.1) is 5.69 Å². The molecule has 0 aromatic carbocycles. The molecule has 0 fully saturated rings. The third-order valence-corrected chi connectivity index (χ3v) is 1.93. The molecule has 0 aliphatic heterocycles. The summed E-state index contributed by atoms with van der Waals surface area (Å²) in [6.07, 6.45) is 0. The van der Waals surface area contributed by atoms with E-state index in [-0.39, 0.29) is 0 Å². The summed E-state index contributed by atoms with van der Waals surface area (Å²) in [7, 11) is 0. The lowest BCUT2D eigenvalue weighted by atomic mass is 10.4. The molecule has 5 nitrogen and oxygen atoms in total. The fraction of sp³-hybridized carbons (Fsp3) is 0.286. The van der Waals surface area contributed by atoms with Crippen LogP contribution >= 0.6 is 22.6 Å². The second-order valence-corrected chi connectivity index (χ2v) is 3.43. The number of halogens is 1. The Hall–Kier alpha value is -0.920. The van der Waals surface area contributed by atoms with E-state index in [4.69, 9.17) is 8.83 Å². The number of aromatic nitrogens is 3. The summed E-state index contributed by atoms with van der Waals surface area (Å²) >= 11 is 1.94. The molecule has 2 aromatic heterocycles. The Morgan fingerprint density at radius 2 is 1.92 bits per heavy atom. The Morgan fingerprint density at radius 1 is 1.15 bits per heavy atom. The highest BCUT2D eigenvalue weighted by Crippen LogP contribution is 2.22. The highest BCUT2D eigenvalue weighted by molar-refractivity contribution is 14.1. The largest absolute Gasteiger partial charge is 0.436 e. The van der Waals surface area contributed by atoms with Crippen LogP contribution in [0.25, 0.3) is 11.7 Å². The normalized spacial score (nSPS) is 10.7. The van der Waals surface area contributed by atoms with E-state index < -0.39 is 0 Å². The van der Waals surface area contributed by atoms with Crippen molar-refractivity contribution in [3.63, 3.8) is 0 Å². The van der Waals surface area contributed by atoms with Gasteiger partial charge in [-0.1, -0.05) is 0 Å². The van der Waals surface area contributed by atoms with Gasteiger partial charge in [-0.25, -0.2) is 4.98 Å². The van der Waals surface area contributed by atoms with E-state index in [1.54, 1.807) is 6.92 Å². The molecule has 0 N–H and O–H groups in total. The number of hydrogen-bond donors (Lipinski definition) is 0. The number of nitrogens with zero attached hydrogens (tertiary/aromatic N) is 3. The maximum absolute atomic E-state index is 5.30. The van der Waals surface area contributed by atoms with Crippen LogP contribution in [0.15, 0.2) is 8.83 Å². The van der Waals surface area contributed by atoms with Crippen LogP contribution in [0.2, 0.25) is 0 Å². The Balaban J connectivity index is 2.51. The smallest absolute Gasteiger partial charge is 0.286 e. The molecule has 0 radical (unpaired) electrons. The van der Waals surface area contributed by atoms with Crippen molar-refractivity contribution in [3.05, 3.63) is 15.5 Å². The van der Waals surface area contributed by atoms with Gasteiger partial charge in [-0.15, -0.1) is 10.2 Å². The van der Waals surface area contributed by atoms with Crippen molar-refractivity contribution in [3.8, 4) is 11.7 Å². The van der Waals surface area contributed by atoms with Crippen molar-refractivity contribution in [2.75, 3.05) is 0 Å². The molecule has 0 spiro atoms. The van der Waals surface area contributed by atoms with Crippen molar-refractivity contribution in [1.29, 1.82) is 0 Å². The first-order chi connectivity index (χ1) is 6.16. The van der Waals surface area contributed by atoms with E-state index in [0.717, 1.165) is 5.69 Å². The summed E-state index contributed by atoms with van der Waals surface area (Å²) in [5.41, 5.74) is 0.762. The van der Waals surface area contributed by atoms with Crippen LogP contribution in [-0.2, 0) is 0 Å². The van der Waals surface area contributed by atoms with Gasteiger partial charge in [0.15, 0.2) is 5.89 Å². The highest BCUT2D eigenvalue weighted by Gasteiger charge is 2.15. The molecule has 0 aliphatic carbocycles. The number of rotatable bonds is 1. The molecule has 0 aliphatic rings. The molecule has 0 amide bonds. The first kappa shape index (κ1) is 8.67. The van der Waals surface area contributed by atoms with Crippen LogP contribution < -0.4 is 0 Å². The van der Waals surface area contributed by atoms with Gasteiger partial charge in [0.25, 0.3) is 9.79 Å². The molecule has 6 heteroatoms. The fourth-order valence-electron chi connectivity index (χ4n) is 1.03. The topological polar surface area (TPSA) is 65.0 Å². The molecule has 0 atom stereocenters. The molecule has 0 bridgehead atoms. The third kappa shape index (κ3) is 1.58. The zero-order chi connectivity index (χ0) is 9.42. The number of oxazole rings is 1. The van der Waals surface area contributed by atoms with Gasteiger partial charge in [-0.3, -0.25) is 0 Å². The summed E-state index contributed by atoms with van der Waals surface area (Å²) in [6, 6.07) is 0. The van der Waals surface area contributed by atoms with Crippen molar-refractivity contribution < 1.29 is 8.83 Å². The van der Waals surface area contributed by atoms with Crippen LogP contribution in [0, 0.1) is 17.7 Å². The third-order valence-electron chi connectivity index (χ3n) is 1.50. The first-order valence-corrected chi connectivity index (χ1v) is 4.68. The zero-order valence-electron chi connectivity index (χ0n) is 7.04. The Morgan fingerprint density at radius 3 is 2.38 bits per heavy atom. The maximum Gasteiger partial charge on any atom is 0.286 e. The van der Waals surface area contributed by atoms with Crippen LogP contribution in [0.3, 0.4) is 0 Å². The maximum atomic E-state index is 5.30. The standard InChI is InChI=1S/C7H6IN3O2/c1-3-5(12-4(2)9-3)6-10-11-7(8)13-6/h1-2H3. The van der Waals surface area contributed by atoms with E-state index in [1.807, 2.05) is 29.5 Å². The first-order valence-electron chi connectivity index (χ1n) is 3.60. The monoisotopic (exact) mass is 291 g/mol. The van der Waals surface area contributed by atoms with Gasteiger partial charge in [0.1, 0.15) is 0 Å². The molecule has 2 aromatic rings. The van der Waals surface area contributed by atoms with Gasteiger partial charge >= 0.3 is 0 Å². The van der Waals surface area contributed by atoms with E-state index in [0.29, 0.717) is 21.4 Å². The predicted octanol–water partition coefficient (Wildman–Crippen LogP) is 1.95. The molecule has 13 heavy (non-hydrogen) atoms. The lowest BCUT2D eigenvalue weighted by molar-refractivity contribution is 0.482. The van der Waals surface area contributed by atoms with Crippen molar-refractivity contribution in [2.45, 2.75) is 13.8 Å². The predicted molar refractivity (Wildman–Crippen MR) is 52.0 cm³/mol. The molecule has 2 rings (SSSR count). The minimum atomic E-state index is 0.377. The van der Waals surface area contributed by atoms with Crippen LogP contribution in [-0.4, -0.2) is 15.2 Å². The Labute approximate surface area is 87.7 Å². The molecule has 0 unspecified atom stereocenters. The summed E-state index contributed by atoms with van der Waals surface area (Å²) in [5, 5.41) is 7.53. The quantitative estimate of drug-likeness (QED) is 0.751. The summed E-state index contributed by atoms with van der Waals surface area (Å²) in [6.45, 7) is 3.61.